The van der Waals surface area contributed by atoms with Gasteiger partial charge in [0, 0.05) is 24.7 Å². The van der Waals surface area contributed by atoms with Crippen molar-refractivity contribution in [2.45, 2.75) is 12.8 Å². The highest BCUT2D eigenvalue weighted by atomic mass is 35.5. The summed E-state index contributed by atoms with van der Waals surface area (Å²) < 4.78 is 6.03. The van der Waals surface area contributed by atoms with E-state index in [2.05, 4.69) is 0 Å². The van der Waals surface area contributed by atoms with Crippen molar-refractivity contribution in [2.24, 2.45) is 0 Å². The first-order chi connectivity index (χ1) is 10.5. The number of nitrogens with zero attached hydrogens (tertiary/aromatic N) is 1. The first kappa shape index (κ1) is 15.3. The molecule has 0 atom stereocenters. The molecule has 1 amide bonds. The Bertz CT molecular complexity index is 744. The smallest absolute Gasteiger partial charge is 0.345 e. The van der Waals surface area contributed by atoms with E-state index in [-0.39, 0.29) is 11.5 Å². The molecule has 1 aliphatic heterocycles. The lowest BCUT2D eigenvalue weighted by Gasteiger charge is -2.16. The third-order valence-corrected chi connectivity index (χ3v) is 4.78. The first-order valence-corrected chi connectivity index (χ1v) is 8.19. The van der Waals surface area contributed by atoms with E-state index in [4.69, 9.17) is 27.9 Å². The maximum absolute atomic E-state index is 12.1. The Balaban J connectivity index is 1.79. The van der Waals surface area contributed by atoms with Crippen molar-refractivity contribution in [1.29, 1.82) is 0 Å². The minimum atomic E-state index is -0.571. The van der Waals surface area contributed by atoms with Gasteiger partial charge in [0.1, 0.15) is 10.1 Å². The molecule has 1 saturated heterocycles. The van der Waals surface area contributed by atoms with Crippen molar-refractivity contribution >= 4 is 52.1 Å². The number of amides is 1. The number of carbonyl (C=O) groups is 2. The van der Waals surface area contributed by atoms with Crippen LogP contribution >= 0.6 is 34.5 Å². The zero-order valence-corrected chi connectivity index (χ0v) is 13.7. The molecule has 0 aliphatic carbocycles. The second-order valence-electron chi connectivity index (χ2n) is 4.77. The van der Waals surface area contributed by atoms with E-state index in [0.29, 0.717) is 27.4 Å². The Morgan fingerprint density at radius 2 is 2.09 bits per heavy atom. The molecule has 1 fully saturated rings. The van der Waals surface area contributed by atoms with E-state index in [0.717, 1.165) is 23.4 Å². The number of thiophene rings is 1. The average Bonchev–Trinajstić information content (AvgIpc) is 3.04. The Hall–Kier alpha value is -1.56. The minimum absolute atomic E-state index is 0.0798. The number of hydrogen-bond donors (Lipinski definition) is 0. The molecule has 7 heteroatoms. The fourth-order valence-electron chi connectivity index (χ4n) is 2.28. The van der Waals surface area contributed by atoms with E-state index in [1.807, 2.05) is 6.07 Å². The van der Waals surface area contributed by atoms with Gasteiger partial charge in [-0.15, -0.1) is 11.3 Å². The van der Waals surface area contributed by atoms with Gasteiger partial charge in [0.25, 0.3) is 0 Å². The van der Waals surface area contributed by atoms with Crippen LogP contribution in [0.4, 0.5) is 5.69 Å². The van der Waals surface area contributed by atoms with Crippen LogP contribution in [0.3, 0.4) is 0 Å². The van der Waals surface area contributed by atoms with Gasteiger partial charge in [-0.05, 0) is 24.6 Å². The molecule has 0 unspecified atom stereocenters. The summed E-state index contributed by atoms with van der Waals surface area (Å²) in [6.45, 7) is 0.683. The molecule has 114 valence electrons. The van der Waals surface area contributed by atoms with E-state index < -0.39 is 5.97 Å². The Labute approximate surface area is 141 Å². The van der Waals surface area contributed by atoms with Crippen molar-refractivity contribution in [3.05, 3.63) is 44.6 Å². The number of carbonyl (C=O) groups excluding carboxylic acids is 2. The lowest BCUT2D eigenvalue weighted by Crippen LogP contribution is -2.23. The summed E-state index contributed by atoms with van der Waals surface area (Å²) in [6.07, 6.45) is 1.39. The Morgan fingerprint density at radius 3 is 2.73 bits per heavy atom. The normalized spacial score (nSPS) is 14.5. The topological polar surface area (TPSA) is 46.6 Å². The minimum Gasteiger partial charge on any atom is -0.423 e. The van der Waals surface area contributed by atoms with Crippen LogP contribution in [0.15, 0.2) is 30.3 Å². The number of rotatable bonds is 3. The predicted molar refractivity (Wildman–Crippen MR) is 87.3 cm³/mol. The number of hydrogen-bond acceptors (Lipinski definition) is 4. The van der Waals surface area contributed by atoms with Crippen molar-refractivity contribution in [1.82, 2.24) is 0 Å². The van der Waals surface area contributed by atoms with Gasteiger partial charge < -0.3 is 9.64 Å². The summed E-state index contributed by atoms with van der Waals surface area (Å²) in [4.78, 5) is 25.6. The number of benzene rings is 1. The van der Waals surface area contributed by atoms with Crippen LogP contribution in [-0.2, 0) is 4.79 Å². The molecule has 0 radical (unpaired) electrons. The van der Waals surface area contributed by atoms with Gasteiger partial charge in [0.2, 0.25) is 5.91 Å². The highest BCUT2D eigenvalue weighted by Crippen LogP contribution is 2.32. The maximum Gasteiger partial charge on any atom is 0.345 e. The standard InChI is InChI=1S/C15H11Cl2NO3S/c16-12-8-11(14(17)22-12)15(20)21-10-4-1-3-9(7-10)18-6-2-5-13(18)19/h1,3-4,7-8H,2,5-6H2. The van der Waals surface area contributed by atoms with Crippen molar-refractivity contribution < 1.29 is 14.3 Å². The highest BCUT2D eigenvalue weighted by Gasteiger charge is 2.22. The average molecular weight is 356 g/mol. The first-order valence-electron chi connectivity index (χ1n) is 6.62. The van der Waals surface area contributed by atoms with Gasteiger partial charge in [-0.25, -0.2) is 4.79 Å². The van der Waals surface area contributed by atoms with Crippen molar-refractivity contribution in [3.63, 3.8) is 0 Å². The second kappa shape index (κ2) is 6.28. The Morgan fingerprint density at radius 1 is 1.27 bits per heavy atom. The van der Waals surface area contributed by atoms with Gasteiger partial charge >= 0.3 is 5.97 Å². The van der Waals surface area contributed by atoms with E-state index in [1.165, 1.54) is 6.07 Å². The second-order valence-corrected chi connectivity index (χ2v) is 7.06. The van der Waals surface area contributed by atoms with Gasteiger partial charge in [-0.2, -0.15) is 0 Å². The number of anilines is 1. The molecule has 3 rings (SSSR count). The number of ether oxygens (including phenoxy) is 1. The molecule has 2 heterocycles. The summed E-state index contributed by atoms with van der Waals surface area (Å²) >= 11 is 12.9. The van der Waals surface area contributed by atoms with Gasteiger partial charge in [-0.1, -0.05) is 29.3 Å². The van der Waals surface area contributed by atoms with Crippen LogP contribution < -0.4 is 9.64 Å². The summed E-state index contributed by atoms with van der Waals surface area (Å²) in [5, 5.41) is 0. The van der Waals surface area contributed by atoms with Crippen LogP contribution in [0, 0.1) is 0 Å². The molecule has 0 bridgehead atoms. The van der Waals surface area contributed by atoms with Crippen LogP contribution in [0.25, 0.3) is 0 Å². The van der Waals surface area contributed by atoms with Crippen LogP contribution in [-0.4, -0.2) is 18.4 Å². The Kier molecular flexibility index (Phi) is 4.38. The summed E-state index contributed by atoms with van der Waals surface area (Å²) in [5.41, 5.74) is 0.960. The van der Waals surface area contributed by atoms with Gasteiger partial charge in [-0.3, -0.25) is 4.79 Å². The monoisotopic (exact) mass is 355 g/mol. The molecule has 0 N–H and O–H groups in total. The third-order valence-electron chi connectivity index (χ3n) is 3.29. The molecule has 4 nitrogen and oxygen atoms in total. The van der Waals surface area contributed by atoms with Gasteiger partial charge in [0.15, 0.2) is 0 Å². The quantitative estimate of drug-likeness (QED) is 0.605. The molecular weight excluding hydrogens is 345 g/mol. The van der Waals surface area contributed by atoms with Crippen molar-refractivity contribution in [3.8, 4) is 5.75 Å². The number of esters is 1. The van der Waals surface area contributed by atoms with E-state index >= 15 is 0 Å². The molecule has 0 saturated carbocycles. The molecule has 1 aliphatic rings. The fraction of sp³-hybridized carbons (Fsp3) is 0.200. The highest BCUT2D eigenvalue weighted by molar-refractivity contribution is 7.20. The molecule has 2 aromatic rings. The largest absolute Gasteiger partial charge is 0.423 e. The van der Waals surface area contributed by atoms with Crippen LogP contribution in [0.2, 0.25) is 8.67 Å². The van der Waals surface area contributed by atoms with Crippen LogP contribution in [0.1, 0.15) is 23.2 Å². The van der Waals surface area contributed by atoms with Crippen LogP contribution in [0.5, 0.6) is 5.75 Å². The fourth-order valence-corrected chi connectivity index (χ4v) is 3.72. The van der Waals surface area contributed by atoms with Crippen molar-refractivity contribution in [2.75, 3.05) is 11.4 Å². The SMILES string of the molecule is O=C(Oc1cccc(N2CCCC2=O)c1)c1cc(Cl)sc1Cl. The lowest BCUT2D eigenvalue weighted by molar-refractivity contribution is -0.117. The molecule has 1 aromatic heterocycles. The summed E-state index contributed by atoms with van der Waals surface area (Å²) in [6, 6.07) is 8.36. The van der Waals surface area contributed by atoms with Gasteiger partial charge in [0.05, 0.1) is 9.90 Å². The lowest BCUT2D eigenvalue weighted by atomic mass is 10.2. The maximum atomic E-state index is 12.1. The summed E-state index contributed by atoms with van der Waals surface area (Å²) in [5.74, 6) is -0.130. The zero-order valence-electron chi connectivity index (χ0n) is 11.3. The van der Waals surface area contributed by atoms with E-state index in [9.17, 15) is 9.59 Å². The zero-order chi connectivity index (χ0) is 15.7. The third kappa shape index (κ3) is 3.11. The molecular formula is C15H11Cl2NO3S. The molecule has 0 spiro atoms. The summed E-state index contributed by atoms with van der Waals surface area (Å²) in [7, 11) is 0. The van der Waals surface area contributed by atoms with E-state index in [1.54, 1.807) is 23.1 Å². The molecule has 1 aromatic carbocycles. The predicted octanol–water partition coefficient (Wildman–Crippen LogP) is 4.40. The molecule has 22 heavy (non-hydrogen) atoms. The number of halogens is 2.